The van der Waals surface area contributed by atoms with Crippen molar-refractivity contribution >= 4 is 15.9 Å². The van der Waals surface area contributed by atoms with E-state index >= 15 is 0 Å². The van der Waals surface area contributed by atoms with Gasteiger partial charge in [0.05, 0.1) is 17.7 Å². The van der Waals surface area contributed by atoms with Crippen LogP contribution >= 0.6 is 0 Å². The van der Waals surface area contributed by atoms with E-state index in [4.69, 9.17) is 9.88 Å². The molecule has 3 N–H and O–H groups in total. The average molecular weight is 456 g/mol. The number of carbonyl (C=O) groups is 1. The topological polar surface area (TPSA) is 123 Å². The van der Waals surface area contributed by atoms with E-state index < -0.39 is 10.0 Å². The number of nitrogens with two attached hydrogens (primary N) is 1. The summed E-state index contributed by atoms with van der Waals surface area (Å²) >= 11 is 0. The summed E-state index contributed by atoms with van der Waals surface area (Å²) in [6, 6.07) is 15.7. The molecule has 0 aliphatic rings. The molecule has 9 heteroatoms. The Bertz CT molecular complexity index is 1210. The van der Waals surface area contributed by atoms with Crippen LogP contribution in [-0.4, -0.2) is 43.7 Å². The van der Waals surface area contributed by atoms with Gasteiger partial charge in [-0.1, -0.05) is 18.2 Å². The normalized spacial score (nSPS) is 11.2. The average Bonchev–Trinajstić information content (AvgIpc) is 2.78. The Balaban J connectivity index is 2.07. The van der Waals surface area contributed by atoms with E-state index in [2.05, 4.69) is 4.98 Å². The molecule has 1 heterocycles. The van der Waals surface area contributed by atoms with Crippen molar-refractivity contribution in [2.24, 2.45) is 5.14 Å². The summed E-state index contributed by atoms with van der Waals surface area (Å²) < 4.78 is 29.7. The molecule has 1 aromatic heterocycles. The first-order valence-electron chi connectivity index (χ1n) is 9.91. The van der Waals surface area contributed by atoms with E-state index in [1.165, 1.54) is 13.1 Å². The lowest BCUT2D eigenvalue weighted by atomic mass is 9.96. The number of hydroxylamine groups is 2. The van der Waals surface area contributed by atoms with Gasteiger partial charge in [-0.25, -0.2) is 18.6 Å². The molecule has 3 rings (SSSR count). The molecule has 0 unspecified atom stereocenters. The third-order valence-electron chi connectivity index (χ3n) is 5.01. The molecule has 168 valence electrons. The number of benzene rings is 2. The number of hydrogen-bond acceptors (Lipinski definition) is 6. The molecule has 0 aliphatic heterocycles. The number of pyridine rings is 1. The molecule has 1 amide bonds. The van der Waals surface area contributed by atoms with Crippen molar-refractivity contribution in [3.05, 3.63) is 66.4 Å². The highest BCUT2D eigenvalue weighted by Gasteiger charge is 2.19. The van der Waals surface area contributed by atoms with Crippen LogP contribution in [0.5, 0.6) is 5.75 Å². The van der Waals surface area contributed by atoms with Crippen LogP contribution in [0.4, 0.5) is 0 Å². The van der Waals surface area contributed by atoms with Crippen molar-refractivity contribution < 1.29 is 23.2 Å². The van der Waals surface area contributed by atoms with E-state index in [1.54, 1.807) is 43.6 Å². The molecule has 0 bridgehead atoms. The Kier molecular flexibility index (Phi) is 7.24. The van der Waals surface area contributed by atoms with Crippen LogP contribution in [0.1, 0.15) is 18.4 Å². The number of hydrogen-bond donors (Lipinski definition) is 2. The van der Waals surface area contributed by atoms with Crippen LogP contribution in [0.3, 0.4) is 0 Å². The van der Waals surface area contributed by atoms with Gasteiger partial charge in [0.2, 0.25) is 15.9 Å². The summed E-state index contributed by atoms with van der Waals surface area (Å²) in [5.41, 5.74) is 3.27. The smallest absolute Gasteiger partial charge is 0.245 e. The highest BCUT2D eigenvalue weighted by atomic mass is 32.2. The number of sulfonamides is 1. The maximum Gasteiger partial charge on any atom is 0.245 e. The molecule has 8 nitrogen and oxygen atoms in total. The molecule has 0 aliphatic carbocycles. The maximum atomic E-state index is 12.2. The van der Waals surface area contributed by atoms with Crippen LogP contribution < -0.4 is 9.88 Å². The number of methoxy groups -OCH3 is 1. The molecule has 0 saturated heterocycles. The van der Waals surface area contributed by atoms with Gasteiger partial charge >= 0.3 is 0 Å². The number of rotatable bonds is 8. The van der Waals surface area contributed by atoms with Crippen molar-refractivity contribution in [2.45, 2.75) is 24.2 Å². The molecular weight excluding hydrogens is 430 g/mol. The lowest BCUT2D eigenvalue weighted by Crippen LogP contribution is -2.22. The fourth-order valence-corrected chi connectivity index (χ4v) is 4.12. The first kappa shape index (κ1) is 23.4. The van der Waals surface area contributed by atoms with Crippen LogP contribution in [0.25, 0.3) is 22.4 Å². The minimum atomic E-state index is -3.97. The molecule has 3 aromatic rings. The second-order valence-corrected chi connectivity index (χ2v) is 8.81. The number of aryl methyl sites for hydroxylation is 1. The summed E-state index contributed by atoms with van der Waals surface area (Å²) in [4.78, 5) is 16.3. The molecule has 0 atom stereocenters. The van der Waals surface area contributed by atoms with Crippen LogP contribution in [-0.2, 0) is 21.2 Å². The Labute approximate surface area is 187 Å². The Hall–Kier alpha value is -3.27. The number of amides is 1. The number of primary sulfonamides is 1. The lowest BCUT2D eigenvalue weighted by molar-refractivity contribution is -0.159. The zero-order valence-corrected chi connectivity index (χ0v) is 18.7. The van der Waals surface area contributed by atoms with Crippen LogP contribution in [0, 0.1) is 0 Å². The van der Waals surface area contributed by atoms with Gasteiger partial charge in [0.15, 0.2) is 0 Å². The van der Waals surface area contributed by atoms with E-state index in [-0.39, 0.29) is 17.2 Å². The summed E-state index contributed by atoms with van der Waals surface area (Å²) in [6.07, 6.45) is 2.91. The predicted molar refractivity (Wildman–Crippen MR) is 121 cm³/mol. The SMILES string of the molecule is COc1ccc(-c2ncc(CCCC(=O)N(C)O)cc2-c2ccccc2S(N)(=O)=O)cc1. The van der Waals surface area contributed by atoms with Gasteiger partial charge in [-0.15, -0.1) is 0 Å². The van der Waals surface area contributed by atoms with Gasteiger partial charge in [0, 0.05) is 36.4 Å². The summed E-state index contributed by atoms with van der Waals surface area (Å²) in [6.45, 7) is 0. The van der Waals surface area contributed by atoms with Crippen molar-refractivity contribution in [3.8, 4) is 28.1 Å². The monoisotopic (exact) mass is 455 g/mol. The van der Waals surface area contributed by atoms with Gasteiger partial charge in [-0.3, -0.25) is 15.0 Å². The molecule has 2 aromatic carbocycles. The van der Waals surface area contributed by atoms with E-state index in [1.807, 2.05) is 18.2 Å². The highest BCUT2D eigenvalue weighted by Crippen LogP contribution is 2.35. The van der Waals surface area contributed by atoms with Gasteiger partial charge < -0.3 is 4.74 Å². The molecule has 0 saturated carbocycles. The van der Waals surface area contributed by atoms with Crippen LogP contribution in [0.15, 0.2) is 65.7 Å². The van der Waals surface area contributed by atoms with Gasteiger partial charge in [-0.05, 0) is 54.8 Å². The molecule has 0 radical (unpaired) electrons. The second kappa shape index (κ2) is 9.90. The first-order valence-corrected chi connectivity index (χ1v) is 11.5. The molecule has 0 spiro atoms. The Morgan fingerprint density at radius 2 is 1.81 bits per heavy atom. The van der Waals surface area contributed by atoms with E-state index in [9.17, 15) is 18.4 Å². The third-order valence-corrected chi connectivity index (χ3v) is 5.98. The maximum absolute atomic E-state index is 12.2. The largest absolute Gasteiger partial charge is 0.497 e. The number of aromatic nitrogens is 1. The van der Waals surface area contributed by atoms with Crippen molar-refractivity contribution in [2.75, 3.05) is 14.2 Å². The van der Waals surface area contributed by atoms with Gasteiger partial charge in [0.1, 0.15) is 5.75 Å². The fourth-order valence-electron chi connectivity index (χ4n) is 3.37. The van der Waals surface area contributed by atoms with Crippen molar-refractivity contribution in [1.82, 2.24) is 10.0 Å². The van der Waals surface area contributed by atoms with Gasteiger partial charge in [-0.2, -0.15) is 0 Å². The predicted octanol–water partition coefficient (Wildman–Crippen LogP) is 3.24. The van der Waals surface area contributed by atoms with E-state index in [0.29, 0.717) is 40.5 Å². The number of carbonyl (C=O) groups excluding carboxylic acids is 1. The summed E-state index contributed by atoms with van der Waals surface area (Å²) in [5.74, 6) is 0.308. The highest BCUT2D eigenvalue weighted by molar-refractivity contribution is 7.89. The lowest BCUT2D eigenvalue weighted by Gasteiger charge is -2.15. The van der Waals surface area contributed by atoms with Crippen molar-refractivity contribution in [1.29, 1.82) is 0 Å². The van der Waals surface area contributed by atoms with Gasteiger partial charge in [0.25, 0.3) is 0 Å². The fraction of sp³-hybridized carbons (Fsp3) is 0.217. The zero-order valence-electron chi connectivity index (χ0n) is 17.9. The Morgan fingerprint density at radius 3 is 2.44 bits per heavy atom. The number of nitrogens with zero attached hydrogens (tertiary/aromatic N) is 2. The standard InChI is InChI=1S/C23H25N3O5S/c1-26(28)22(27)9-5-6-16-14-20(19-7-3-4-8-21(19)32(24,29)30)23(25-15-16)17-10-12-18(31-2)13-11-17/h3-4,7-8,10-15,28H,5-6,9H2,1-2H3,(H2,24,29,30). The third kappa shape index (κ3) is 5.50. The van der Waals surface area contributed by atoms with E-state index in [0.717, 1.165) is 11.1 Å². The molecule has 32 heavy (non-hydrogen) atoms. The summed E-state index contributed by atoms with van der Waals surface area (Å²) in [5, 5.41) is 15.3. The Morgan fingerprint density at radius 1 is 1.12 bits per heavy atom. The minimum absolute atomic E-state index is 0.00537. The zero-order chi connectivity index (χ0) is 23.3. The second-order valence-electron chi connectivity index (χ2n) is 7.28. The van der Waals surface area contributed by atoms with Crippen molar-refractivity contribution in [3.63, 3.8) is 0 Å². The van der Waals surface area contributed by atoms with Crippen LogP contribution in [0.2, 0.25) is 0 Å². The minimum Gasteiger partial charge on any atom is -0.497 e. The quantitative estimate of drug-likeness (QED) is 0.397. The number of ether oxygens (including phenoxy) is 1. The molecule has 0 fully saturated rings. The molecular formula is C23H25N3O5S. The first-order chi connectivity index (χ1) is 15.2. The summed E-state index contributed by atoms with van der Waals surface area (Å²) in [7, 11) is -1.10.